The number of nitrogens with two attached hydrogens (primary N) is 1. The monoisotopic (exact) mass is 363 g/mol. The van der Waals surface area contributed by atoms with Crippen molar-refractivity contribution in [1.29, 1.82) is 0 Å². The highest BCUT2D eigenvalue weighted by Gasteiger charge is 2.02. The Hall–Kier alpha value is -0.980. The van der Waals surface area contributed by atoms with Gasteiger partial charge < -0.3 is 15.4 Å². The Morgan fingerprint density at radius 2 is 1.89 bits per heavy atom. The van der Waals surface area contributed by atoms with E-state index >= 15 is 0 Å². The van der Waals surface area contributed by atoms with E-state index in [0.29, 0.717) is 19.1 Å². The molecular weight excluding hydrogens is 341 g/mol. The van der Waals surface area contributed by atoms with Crippen molar-refractivity contribution in [3.63, 3.8) is 0 Å². The van der Waals surface area contributed by atoms with E-state index in [1.807, 2.05) is 50.1 Å². The van der Waals surface area contributed by atoms with Gasteiger partial charge in [-0.15, -0.1) is 24.0 Å². The molecule has 5 heteroatoms. The zero-order chi connectivity index (χ0) is 12.7. The second kappa shape index (κ2) is 9.02. The number of rotatable bonds is 5. The molecule has 2 N–H and O–H groups in total. The van der Waals surface area contributed by atoms with Crippen molar-refractivity contribution >= 4 is 29.9 Å². The SMILES string of the molecule is CCN=C(N)N(C)Cc1ccc(OCC)cc1.I. The van der Waals surface area contributed by atoms with Gasteiger partial charge in [0, 0.05) is 20.1 Å². The van der Waals surface area contributed by atoms with Gasteiger partial charge in [-0.3, -0.25) is 4.99 Å². The number of nitrogens with zero attached hydrogens (tertiary/aromatic N) is 2. The largest absolute Gasteiger partial charge is 0.494 e. The quantitative estimate of drug-likeness (QED) is 0.497. The van der Waals surface area contributed by atoms with Gasteiger partial charge in [0.1, 0.15) is 5.75 Å². The summed E-state index contributed by atoms with van der Waals surface area (Å²) in [6.45, 7) is 6.09. The van der Waals surface area contributed by atoms with E-state index in [9.17, 15) is 0 Å². The van der Waals surface area contributed by atoms with Gasteiger partial charge in [-0.25, -0.2) is 0 Å². The van der Waals surface area contributed by atoms with E-state index in [4.69, 9.17) is 10.5 Å². The molecule has 1 rings (SSSR count). The van der Waals surface area contributed by atoms with Crippen LogP contribution in [0.15, 0.2) is 29.3 Å². The summed E-state index contributed by atoms with van der Waals surface area (Å²) in [6, 6.07) is 8.03. The smallest absolute Gasteiger partial charge is 0.191 e. The maximum absolute atomic E-state index is 5.80. The molecule has 0 unspecified atom stereocenters. The Balaban J connectivity index is 0.00000289. The van der Waals surface area contributed by atoms with E-state index in [0.717, 1.165) is 12.3 Å². The number of halogens is 1. The fraction of sp³-hybridized carbons (Fsp3) is 0.462. The molecule has 0 saturated heterocycles. The molecule has 0 aromatic heterocycles. The predicted octanol–water partition coefficient (Wildman–Crippen LogP) is 2.47. The minimum absolute atomic E-state index is 0. The average molecular weight is 363 g/mol. The molecule has 0 amide bonds. The maximum atomic E-state index is 5.80. The molecule has 1 aromatic rings. The van der Waals surface area contributed by atoms with Crippen LogP contribution < -0.4 is 10.5 Å². The molecule has 0 atom stereocenters. The summed E-state index contributed by atoms with van der Waals surface area (Å²) >= 11 is 0. The van der Waals surface area contributed by atoms with Gasteiger partial charge in [0.05, 0.1) is 6.61 Å². The molecule has 1 aromatic carbocycles. The molecule has 4 nitrogen and oxygen atoms in total. The highest BCUT2D eigenvalue weighted by atomic mass is 127. The fourth-order valence-corrected chi connectivity index (χ4v) is 1.50. The zero-order valence-corrected chi connectivity index (χ0v) is 13.5. The molecule has 0 aliphatic carbocycles. The topological polar surface area (TPSA) is 50.8 Å². The van der Waals surface area contributed by atoms with Crippen molar-refractivity contribution in [3.8, 4) is 5.75 Å². The molecule has 0 bridgehead atoms. The van der Waals surface area contributed by atoms with Crippen molar-refractivity contribution in [2.45, 2.75) is 20.4 Å². The zero-order valence-electron chi connectivity index (χ0n) is 11.2. The first-order valence-electron chi connectivity index (χ1n) is 5.90. The molecule has 0 aliphatic rings. The standard InChI is InChI=1S/C13H21N3O.HI/c1-4-15-13(14)16(3)10-11-6-8-12(9-7-11)17-5-2;/h6-9H,4-5,10H2,1-3H3,(H2,14,15);1H. The lowest BCUT2D eigenvalue weighted by atomic mass is 10.2. The third-order valence-corrected chi connectivity index (χ3v) is 2.37. The first-order chi connectivity index (χ1) is 8.17. The Morgan fingerprint density at radius 1 is 1.28 bits per heavy atom. The van der Waals surface area contributed by atoms with Gasteiger partial charge in [0.2, 0.25) is 0 Å². The van der Waals surface area contributed by atoms with Gasteiger partial charge in [-0.2, -0.15) is 0 Å². The van der Waals surface area contributed by atoms with E-state index in [-0.39, 0.29) is 24.0 Å². The van der Waals surface area contributed by atoms with Crippen LogP contribution >= 0.6 is 24.0 Å². The lowest BCUT2D eigenvalue weighted by Gasteiger charge is -2.18. The van der Waals surface area contributed by atoms with Crippen LogP contribution in [0, 0.1) is 0 Å². The summed E-state index contributed by atoms with van der Waals surface area (Å²) in [4.78, 5) is 6.09. The van der Waals surface area contributed by atoms with E-state index in [1.54, 1.807) is 0 Å². The number of aliphatic imine (C=N–C) groups is 1. The van der Waals surface area contributed by atoms with Crippen LogP contribution in [-0.4, -0.2) is 31.1 Å². The molecule has 0 radical (unpaired) electrons. The van der Waals surface area contributed by atoms with Crippen LogP contribution in [-0.2, 0) is 6.54 Å². The summed E-state index contributed by atoms with van der Waals surface area (Å²) in [5.41, 5.74) is 6.99. The van der Waals surface area contributed by atoms with Crippen LogP contribution in [0.25, 0.3) is 0 Å². The predicted molar refractivity (Wildman–Crippen MR) is 86.7 cm³/mol. The summed E-state index contributed by atoms with van der Waals surface area (Å²) in [7, 11) is 1.94. The van der Waals surface area contributed by atoms with Crippen LogP contribution in [0.5, 0.6) is 5.75 Å². The Morgan fingerprint density at radius 3 is 2.39 bits per heavy atom. The van der Waals surface area contributed by atoms with E-state index in [2.05, 4.69) is 4.99 Å². The van der Waals surface area contributed by atoms with E-state index < -0.39 is 0 Å². The fourth-order valence-electron chi connectivity index (χ4n) is 1.50. The lowest BCUT2D eigenvalue weighted by molar-refractivity contribution is 0.340. The van der Waals surface area contributed by atoms with Crippen LogP contribution in [0.3, 0.4) is 0 Å². The summed E-state index contributed by atoms with van der Waals surface area (Å²) in [6.07, 6.45) is 0. The Bertz CT molecular complexity index is 365. The van der Waals surface area contributed by atoms with Crippen LogP contribution in [0.4, 0.5) is 0 Å². The number of hydrogen-bond acceptors (Lipinski definition) is 2. The van der Waals surface area contributed by atoms with Gasteiger partial charge in [0.15, 0.2) is 5.96 Å². The van der Waals surface area contributed by atoms with Crippen LogP contribution in [0.1, 0.15) is 19.4 Å². The molecule has 0 saturated carbocycles. The third-order valence-electron chi connectivity index (χ3n) is 2.37. The summed E-state index contributed by atoms with van der Waals surface area (Å²) in [5.74, 6) is 1.47. The van der Waals surface area contributed by atoms with Crippen molar-refractivity contribution in [1.82, 2.24) is 4.90 Å². The number of hydrogen-bond donors (Lipinski definition) is 1. The minimum Gasteiger partial charge on any atom is -0.494 e. The van der Waals surface area contributed by atoms with Crippen LogP contribution in [0.2, 0.25) is 0 Å². The molecule has 0 fully saturated rings. The van der Waals surface area contributed by atoms with Gasteiger partial charge in [-0.05, 0) is 31.5 Å². The Kier molecular flexibility index (Phi) is 8.53. The van der Waals surface area contributed by atoms with Crippen molar-refractivity contribution in [3.05, 3.63) is 29.8 Å². The molecule has 0 heterocycles. The number of ether oxygens (including phenoxy) is 1. The van der Waals surface area contributed by atoms with Crippen molar-refractivity contribution < 1.29 is 4.74 Å². The van der Waals surface area contributed by atoms with Crippen molar-refractivity contribution in [2.24, 2.45) is 10.7 Å². The molecular formula is C13H22IN3O. The first-order valence-corrected chi connectivity index (χ1v) is 5.90. The second-order valence-electron chi connectivity index (χ2n) is 3.77. The van der Waals surface area contributed by atoms with Gasteiger partial charge in [0.25, 0.3) is 0 Å². The van der Waals surface area contributed by atoms with Gasteiger partial charge >= 0.3 is 0 Å². The first kappa shape index (κ1) is 17.0. The normalized spacial score (nSPS) is 10.7. The Labute approximate surface area is 126 Å². The second-order valence-corrected chi connectivity index (χ2v) is 3.77. The van der Waals surface area contributed by atoms with Crippen molar-refractivity contribution in [2.75, 3.05) is 20.2 Å². The van der Waals surface area contributed by atoms with Gasteiger partial charge in [-0.1, -0.05) is 12.1 Å². The molecule has 0 spiro atoms. The number of guanidine groups is 1. The molecule has 0 aliphatic heterocycles. The average Bonchev–Trinajstić information content (AvgIpc) is 2.32. The highest BCUT2D eigenvalue weighted by Crippen LogP contribution is 2.13. The lowest BCUT2D eigenvalue weighted by Crippen LogP contribution is -2.33. The third kappa shape index (κ3) is 5.57. The summed E-state index contributed by atoms with van der Waals surface area (Å²) in [5, 5.41) is 0. The maximum Gasteiger partial charge on any atom is 0.191 e. The minimum atomic E-state index is 0. The molecule has 18 heavy (non-hydrogen) atoms. The summed E-state index contributed by atoms with van der Waals surface area (Å²) < 4.78 is 5.39. The molecule has 102 valence electrons. The highest BCUT2D eigenvalue weighted by molar-refractivity contribution is 14.0. The van der Waals surface area contributed by atoms with E-state index in [1.165, 1.54) is 5.56 Å². The number of benzene rings is 1.